The highest BCUT2D eigenvalue weighted by Gasteiger charge is 2.12. The van der Waals surface area contributed by atoms with E-state index in [9.17, 15) is 0 Å². The van der Waals surface area contributed by atoms with E-state index in [-0.39, 0.29) is 0 Å². The highest BCUT2D eigenvalue weighted by molar-refractivity contribution is 6.22. The van der Waals surface area contributed by atoms with E-state index in [0.717, 1.165) is 16.6 Å². The summed E-state index contributed by atoms with van der Waals surface area (Å²) < 4.78 is 2.14. The van der Waals surface area contributed by atoms with E-state index in [0.29, 0.717) is 0 Å². The van der Waals surface area contributed by atoms with Gasteiger partial charge >= 0.3 is 0 Å². The Hall–Kier alpha value is -3.46. The first-order valence-corrected chi connectivity index (χ1v) is 8.34. The molecule has 3 nitrogen and oxygen atoms in total. The number of imidazole rings is 1. The number of hydrogen-bond donors (Lipinski definition) is 0. The van der Waals surface area contributed by atoms with Crippen LogP contribution in [-0.4, -0.2) is 14.4 Å². The molecule has 3 heterocycles. The molecule has 0 aliphatic carbocycles. The van der Waals surface area contributed by atoms with E-state index in [1.807, 2.05) is 24.8 Å². The fourth-order valence-electron chi connectivity index (χ4n) is 3.96. The van der Waals surface area contributed by atoms with Crippen LogP contribution in [-0.2, 0) is 0 Å². The van der Waals surface area contributed by atoms with Crippen LogP contribution >= 0.6 is 0 Å². The maximum atomic E-state index is 4.64. The van der Waals surface area contributed by atoms with Crippen LogP contribution < -0.4 is 0 Å². The molecule has 0 amide bonds. The molecule has 116 valence electrons. The number of aromatic nitrogens is 3. The van der Waals surface area contributed by atoms with E-state index in [1.165, 1.54) is 32.3 Å². The fraction of sp³-hybridized carbons (Fsp3) is 0. The molecule has 6 rings (SSSR count). The predicted octanol–water partition coefficient (Wildman–Crippen LogP) is 5.34. The van der Waals surface area contributed by atoms with Crippen LogP contribution in [0.4, 0.5) is 0 Å². The molecule has 3 aromatic carbocycles. The molecule has 0 unspecified atom stereocenters. The van der Waals surface area contributed by atoms with Crippen LogP contribution in [0.25, 0.3) is 48.9 Å². The van der Waals surface area contributed by atoms with Crippen LogP contribution in [0.1, 0.15) is 0 Å². The summed E-state index contributed by atoms with van der Waals surface area (Å²) in [5, 5.41) is 7.43. The maximum Gasteiger partial charge on any atom is 0.0997 e. The molecular formula is C22H13N3. The molecule has 0 spiro atoms. The smallest absolute Gasteiger partial charge is 0.0997 e. The number of nitrogens with zero attached hydrogens (tertiary/aromatic N) is 3. The Morgan fingerprint density at radius 1 is 0.720 bits per heavy atom. The number of hydrogen-bond acceptors (Lipinski definition) is 2. The summed E-state index contributed by atoms with van der Waals surface area (Å²) in [5.74, 6) is 0. The van der Waals surface area contributed by atoms with Crippen molar-refractivity contribution in [2.24, 2.45) is 0 Å². The molecule has 0 N–H and O–H groups in total. The molecule has 0 saturated heterocycles. The molecule has 0 fully saturated rings. The van der Waals surface area contributed by atoms with Crippen molar-refractivity contribution in [1.29, 1.82) is 0 Å². The van der Waals surface area contributed by atoms with Crippen molar-refractivity contribution < 1.29 is 0 Å². The first-order chi connectivity index (χ1) is 12.4. The van der Waals surface area contributed by atoms with Gasteiger partial charge in [0.1, 0.15) is 0 Å². The Bertz CT molecular complexity index is 1440. The molecule has 0 radical (unpaired) electrons. The van der Waals surface area contributed by atoms with Gasteiger partial charge in [0.25, 0.3) is 0 Å². The topological polar surface area (TPSA) is 30.2 Å². The molecule has 6 aromatic rings. The van der Waals surface area contributed by atoms with E-state index < -0.39 is 0 Å². The SMILES string of the molecule is c1ccc2cc3c(ccc4c3c3cccnc3c3cncn34)cc2c1. The van der Waals surface area contributed by atoms with Gasteiger partial charge in [0.2, 0.25) is 0 Å². The summed E-state index contributed by atoms with van der Waals surface area (Å²) in [4.78, 5) is 8.99. The molecule has 3 aromatic heterocycles. The van der Waals surface area contributed by atoms with Crippen LogP contribution in [0, 0.1) is 0 Å². The highest BCUT2D eigenvalue weighted by Crippen LogP contribution is 2.35. The van der Waals surface area contributed by atoms with Crippen LogP contribution in [0.2, 0.25) is 0 Å². The largest absolute Gasteiger partial charge is 0.297 e. The molecule has 0 bridgehead atoms. The second-order valence-corrected chi connectivity index (χ2v) is 6.43. The number of fused-ring (bicyclic) bond motifs is 9. The lowest BCUT2D eigenvalue weighted by molar-refractivity contribution is 1.21. The number of rotatable bonds is 0. The van der Waals surface area contributed by atoms with Crippen molar-refractivity contribution in [3.63, 3.8) is 0 Å². The minimum atomic E-state index is 0.994. The molecular weight excluding hydrogens is 306 g/mol. The van der Waals surface area contributed by atoms with Gasteiger partial charge in [-0.2, -0.15) is 0 Å². The Kier molecular flexibility index (Phi) is 2.35. The van der Waals surface area contributed by atoms with Crippen molar-refractivity contribution >= 4 is 48.9 Å². The van der Waals surface area contributed by atoms with E-state index in [1.54, 1.807) is 0 Å². The Morgan fingerprint density at radius 2 is 1.60 bits per heavy atom. The van der Waals surface area contributed by atoms with Gasteiger partial charge in [-0.3, -0.25) is 9.38 Å². The third-order valence-corrected chi connectivity index (χ3v) is 5.08. The van der Waals surface area contributed by atoms with Crippen LogP contribution in [0.15, 0.2) is 79.4 Å². The lowest BCUT2D eigenvalue weighted by Gasteiger charge is -2.11. The second-order valence-electron chi connectivity index (χ2n) is 6.43. The predicted molar refractivity (Wildman–Crippen MR) is 103 cm³/mol. The minimum Gasteiger partial charge on any atom is -0.297 e. The van der Waals surface area contributed by atoms with Crippen LogP contribution in [0.5, 0.6) is 0 Å². The minimum absolute atomic E-state index is 0.994. The molecule has 0 atom stereocenters. The Morgan fingerprint density at radius 3 is 2.52 bits per heavy atom. The fourth-order valence-corrected chi connectivity index (χ4v) is 3.96. The van der Waals surface area contributed by atoms with Gasteiger partial charge in [0.15, 0.2) is 0 Å². The number of benzene rings is 3. The van der Waals surface area contributed by atoms with Gasteiger partial charge < -0.3 is 0 Å². The summed E-state index contributed by atoms with van der Waals surface area (Å²) in [7, 11) is 0. The summed E-state index contributed by atoms with van der Waals surface area (Å²) in [6.45, 7) is 0. The monoisotopic (exact) mass is 319 g/mol. The molecule has 3 heteroatoms. The Labute approximate surface area is 143 Å². The van der Waals surface area contributed by atoms with Crippen molar-refractivity contribution in [2.75, 3.05) is 0 Å². The summed E-state index contributed by atoms with van der Waals surface area (Å²) in [6.07, 6.45) is 5.61. The number of pyridine rings is 2. The summed E-state index contributed by atoms with van der Waals surface area (Å²) in [6, 6.07) is 21.6. The normalized spacial score (nSPS) is 12.0. The van der Waals surface area contributed by atoms with Gasteiger partial charge in [-0.05, 0) is 45.8 Å². The lowest BCUT2D eigenvalue weighted by Crippen LogP contribution is -1.92. The average Bonchev–Trinajstić information content (AvgIpc) is 3.16. The van der Waals surface area contributed by atoms with Crippen molar-refractivity contribution in [3.8, 4) is 0 Å². The van der Waals surface area contributed by atoms with Gasteiger partial charge in [0.05, 0.1) is 29.1 Å². The standard InChI is InChI=1S/C22H13N3/c1-2-5-15-11-18-16(10-14(15)4-1)7-8-19-21(18)17-6-3-9-24-22(17)20-12-23-13-25(19)20/h1-13H. The quantitative estimate of drug-likeness (QED) is 0.279. The van der Waals surface area contributed by atoms with E-state index >= 15 is 0 Å². The average molecular weight is 319 g/mol. The molecule has 25 heavy (non-hydrogen) atoms. The zero-order chi connectivity index (χ0) is 16.4. The van der Waals surface area contributed by atoms with Gasteiger partial charge in [-0.25, -0.2) is 4.98 Å². The van der Waals surface area contributed by atoms with Crippen molar-refractivity contribution in [1.82, 2.24) is 14.4 Å². The third kappa shape index (κ3) is 1.64. The summed E-state index contributed by atoms with van der Waals surface area (Å²) >= 11 is 0. The molecule has 0 saturated carbocycles. The van der Waals surface area contributed by atoms with Gasteiger partial charge in [-0.15, -0.1) is 0 Å². The van der Waals surface area contributed by atoms with Gasteiger partial charge in [0, 0.05) is 17.0 Å². The zero-order valence-corrected chi connectivity index (χ0v) is 13.3. The zero-order valence-electron chi connectivity index (χ0n) is 13.3. The maximum absolute atomic E-state index is 4.64. The van der Waals surface area contributed by atoms with Gasteiger partial charge in [-0.1, -0.05) is 36.4 Å². The highest BCUT2D eigenvalue weighted by atomic mass is 15.0. The van der Waals surface area contributed by atoms with Crippen molar-refractivity contribution in [3.05, 3.63) is 79.4 Å². The van der Waals surface area contributed by atoms with Crippen molar-refractivity contribution in [2.45, 2.75) is 0 Å². The first-order valence-electron chi connectivity index (χ1n) is 8.34. The molecule has 0 aliphatic rings. The van der Waals surface area contributed by atoms with E-state index in [2.05, 4.69) is 69.0 Å². The van der Waals surface area contributed by atoms with Crippen LogP contribution in [0.3, 0.4) is 0 Å². The Balaban J connectivity index is 1.98. The first kappa shape index (κ1) is 12.9. The third-order valence-electron chi connectivity index (χ3n) is 5.08. The second kappa shape index (κ2) is 4.54. The lowest BCUT2D eigenvalue weighted by atomic mass is 9.98. The summed E-state index contributed by atoms with van der Waals surface area (Å²) in [5.41, 5.74) is 3.20. The molecule has 0 aliphatic heterocycles. The van der Waals surface area contributed by atoms with E-state index in [4.69, 9.17) is 0 Å².